The van der Waals surface area contributed by atoms with E-state index >= 15 is 0 Å². The predicted octanol–water partition coefficient (Wildman–Crippen LogP) is 2.06. The van der Waals surface area contributed by atoms with E-state index in [-0.39, 0.29) is 11.9 Å². The first-order valence-corrected chi connectivity index (χ1v) is 6.72. The highest BCUT2D eigenvalue weighted by atomic mass is 16.5. The van der Waals surface area contributed by atoms with Crippen molar-refractivity contribution in [1.29, 1.82) is 0 Å². The van der Waals surface area contributed by atoms with Gasteiger partial charge < -0.3 is 15.8 Å². The molecule has 0 saturated carbocycles. The van der Waals surface area contributed by atoms with E-state index in [9.17, 15) is 4.79 Å². The zero-order valence-electron chi connectivity index (χ0n) is 11.8. The van der Waals surface area contributed by atoms with Crippen LogP contribution in [0.25, 0.3) is 0 Å². The lowest BCUT2D eigenvalue weighted by molar-refractivity contribution is -0.126. The Balaban J connectivity index is 2.28. The van der Waals surface area contributed by atoms with Gasteiger partial charge in [0.1, 0.15) is 5.75 Å². The Hall–Kier alpha value is -1.55. The average Bonchev–Trinajstić information content (AvgIpc) is 2.52. The van der Waals surface area contributed by atoms with Crippen LogP contribution < -0.4 is 15.8 Å². The van der Waals surface area contributed by atoms with E-state index in [1.807, 2.05) is 25.1 Å². The van der Waals surface area contributed by atoms with Gasteiger partial charge in [-0.3, -0.25) is 4.79 Å². The van der Waals surface area contributed by atoms with Crippen LogP contribution in [0.15, 0.2) is 18.2 Å². The molecule has 2 rings (SSSR count). The lowest BCUT2D eigenvalue weighted by Gasteiger charge is -2.24. The number of rotatable bonds is 2. The molecule has 1 aromatic carbocycles. The second kappa shape index (κ2) is 5.21. The molecule has 0 saturated heterocycles. The van der Waals surface area contributed by atoms with Crippen molar-refractivity contribution < 1.29 is 9.53 Å². The van der Waals surface area contributed by atoms with E-state index in [1.54, 1.807) is 13.8 Å². The van der Waals surface area contributed by atoms with Gasteiger partial charge in [-0.15, -0.1) is 0 Å². The van der Waals surface area contributed by atoms with Crippen LogP contribution in [0.1, 0.15) is 43.9 Å². The number of para-hydroxylation sites is 1. The molecule has 4 heteroatoms. The van der Waals surface area contributed by atoms with Crippen molar-refractivity contribution >= 4 is 5.91 Å². The Kier molecular flexibility index (Phi) is 3.80. The van der Waals surface area contributed by atoms with Crippen LogP contribution in [0.3, 0.4) is 0 Å². The Labute approximate surface area is 114 Å². The summed E-state index contributed by atoms with van der Waals surface area (Å²) in [5.74, 6) is 0.770. The first-order valence-electron chi connectivity index (χ1n) is 6.72. The maximum absolute atomic E-state index is 12.1. The normalized spacial score (nSPS) is 19.1. The molecule has 0 bridgehead atoms. The number of nitrogens with one attached hydrogen (secondary N) is 1. The molecule has 1 aliphatic heterocycles. The van der Waals surface area contributed by atoms with E-state index in [1.165, 1.54) is 0 Å². The van der Waals surface area contributed by atoms with Crippen molar-refractivity contribution in [2.45, 2.75) is 45.2 Å². The number of nitrogens with two attached hydrogens (primary N) is 1. The fourth-order valence-corrected chi connectivity index (χ4v) is 2.26. The summed E-state index contributed by atoms with van der Waals surface area (Å²) in [6.45, 7) is 6.14. The minimum atomic E-state index is -0.864. The summed E-state index contributed by atoms with van der Waals surface area (Å²) in [5, 5.41) is 3.04. The molecule has 19 heavy (non-hydrogen) atoms. The van der Waals surface area contributed by atoms with Crippen molar-refractivity contribution in [3.05, 3.63) is 29.3 Å². The maximum atomic E-state index is 12.1. The van der Waals surface area contributed by atoms with Gasteiger partial charge in [0, 0.05) is 5.56 Å². The lowest BCUT2D eigenvalue weighted by Crippen LogP contribution is -2.50. The summed E-state index contributed by atoms with van der Waals surface area (Å²) in [6, 6.07) is 6.01. The number of aryl methyl sites for hydroxylation is 1. The molecule has 4 nitrogen and oxygen atoms in total. The fraction of sp³-hybridized carbons (Fsp3) is 0.533. The third-order valence-electron chi connectivity index (χ3n) is 3.39. The summed E-state index contributed by atoms with van der Waals surface area (Å²) in [4.78, 5) is 12.1. The molecule has 0 aromatic heterocycles. The van der Waals surface area contributed by atoms with Crippen LogP contribution in [0, 0.1) is 6.92 Å². The number of hydrogen-bond donors (Lipinski definition) is 2. The molecule has 104 valence electrons. The third kappa shape index (κ3) is 3.07. The van der Waals surface area contributed by atoms with Crippen LogP contribution in [-0.2, 0) is 4.79 Å². The van der Waals surface area contributed by atoms with Crippen LogP contribution in [0.2, 0.25) is 0 Å². The topological polar surface area (TPSA) is 64.3 Å². The highest BCUT2D eigenvalue weighted by Gasteiger charge is 2.28. The molecular formula is C15H22N2O2. The van der Waals surface area contributed by atoms with Gasteiger partial charge in [0.25, 0.3) is 0 Å². The van der Waals surface area contributed by atoms with E-state index in [0.29, 0.717) is 6.61 Å². The van der Waals surface area contributed by atoms with Crippen molar-refractivity contribution in [2.75, 3.05) is 6.61 Å². The number of fused-ring (bicyclic) bond motifs is 1. The second-order valence-corrected chi connectivity index (χ2v) is 5.73. The van der Waals surface area contributed by atoms with Gasteiger partial charge in [-0.25, -0.2) is 0 Å². The van der Waals surface area contributed by atoms with Crippen molar-refractivity contribution in [2.24, 2.45) is 5.73 Å². The van der Waals surface area contributed by atoms with Crippen LogP contribution in [0.5, 0.6) is 5.75 Å². The quantitative estimate of drug-likeness (QED) is 0.857. The van der Waals surface area contributed by atoms with Crippen molar-refractivity contribution in [1.82, 2.24) is 5.32 Å². The molecule has 0 aliphatic carbocycles. The molecular weight excluding hydrogens is 240 g/mol. The number of carbonyl (C=O) groups is 1. The molecule has 3 N–H and O–H groups in total. The minimum absolute atomic E-state index is 0.0206. The van der Waals surface area contributed by atoms with Crippen LogP contribution >= 0.6 is 0 Å². The second-order valence-electron chi connectivity index (χ2n) is 5.73. The van der Waals surface area contributed by atoms with E-state index in [4.69, 9.17) is 10.5 Å². The summed E-state index contributed by atoms with van der Waals surface area (Å²) < 4.78 is 5.79. The van der Waals surface area contributed by atoms with Gasteiger partial charge in [0.05, 0.1) is 18.2 Å². The largest absolute Gasteiger partial charge is 0.493 e. The first kappa shape index (κ1) is 13.9. The van der Waals surface area contributed by atoms with Crippen molar-refractivity contribution in [3.8, 4) is 5.75 Å². The Morgan fingerprint density at radius 3 is 2.89 bits per heavy atom. The van der Waals surface area contributed by atoms with Crippen LogP contribution in [0.4, 0.5) is 0 Å². The molecule has 1 amide bonds. The van der Waals surface area contributed by atoms with Gasteiger partial charge in [0.15, 0.2) is 0 Å². The smallest absolute Gasteiger partial charge is 0.239 e. The zero-order chi connectivity index (χ0) is 14.0. The van der Waals surface area contributed by atoms with Crippen molar-refractivity contribution in [3.63, 3.8) is 0 Å². The monoisotopic (exact) mass is 262 g/mol. The fourth-order valence-electron chi connectivity index (χ4n) is 2.26. The van der Waals surface area contributed by atoms with E-state index in [0.717, 1.165) is 29.7 Å². The minimum Gasteiger partial charge on any atom is -0.493 e. The lowest BCUT2D eigenvalue weighted by atomic mass is 9.98. The highest BCUT2D eigenvalue weighted by Crippen LogP contribution is 2.34. The summed E-state index contributed by atoms with van der Waals surface area (Å²) in [7, 11) is 0. The van der Waals surface area contributed by atoms with Gasteiger partial charge in [0.2, 0.25) is 5.91 Å². The zero-order valence-corrected chi connectivity index (χ0v) is 11.8. The summed E-state index contributed by atoms with van der Waals surface area (Å²) in [5.41, 5.74) is 7.13. The average molecular weight is 262 g/mol. The molecule has 0 fully saturated rings. The molecule has 1 aromatic rings. The Bertz CT molecular complexity index is 478. The third-order valence-corrected chi connectivity index (χ3v) is 3.39. The number of carbonyl (C=O) groups excluding carboxylic acids is 1. The molecule has 1 aliphatic rings. The Morgan fingerprint density at radius 1 is 1.47 bits per heavy atom. The maximum Gasteiger partial charge on any atom is 0.239 e. The van der Waals surface area contributed by atoms with Gasteiger partial charge in [-0.2, -0.15) is 0 Å². The van der Waals surface area contributed by atoms with Gasteiger partial charge in [-0.05, 0) is 39.2 Å². The number of amides is 1. The number of hydrogen-bond acceptors (Lipinski definition) is 3. The molecule has 0 radical (unpaired) electrons. The van der Waals surface area contributed by atoms with E-state index < -0.39 is 5.54 Å². The highest BCUT2D eigenvalue weighted by molar-refractivity contribution is 5.85. The SMILES string of the molecule is Cc1cccc2c1OCCCC2NC(=O)C(C)(C)N. The first-order chi connectivity index (χ1) is 8.89. The van der Waals surface area contributed by atoms with Gasteiger partial charge in [-0.1, -0.05) is 18.2 Å². The molecule has 1 unspecified atom stereocenters. The standard InChI is InChI=1S/C15H22N2O2/c1-10-6-4-7-11-12(8-5-9-19-13(10)11)17-14(18)15(2,3)16/h4,6-7,12H,5,8-9,16H2,1-3H3,(H,17,18). The summed E-state index contributed by atoms with van der Waals surface area (Å²) >= 11 is 0. The molecule has 1 atom stereocenters. The van der Waals surface area contributed by atoms with Crippen LogP contribution in [-0.4, -0.2) is 18.1 Å². The molecule has 1 heterocycles. The number of benzene rings is 1. The summed E-state index contributed by atoms with van der Waals surface area (Å²) in [6.07, 6.45) is 1.79. The number of ether oxygens (including phenoxy) is 1. The predicted molar refractivity (Wildman–Crippen MR) is 75.1 cm³/mol. The Morgan fingerprint density at radius 2 is 2.21 bits per heavy atom. The molecule has 0 spiro atoms. The van der Waals surface area contributed by atoms with Gasteiger partial charge >= 0.3 is 0 Å². The van der Waals surface area contributed by atoms with E-state index in [2.05, 4.69) is 5.32 Å².